The van der Waals surface area contributed by atoms with E-state index in [0.717, 1.165) is 0 Å². The lowest BCUT2D eigenvalue weighted by atomic mass is 9.92. The first-order chi connectivity index (χ1) is 15.8. The van der Waals surface area contributed by atoms with Crippen molar-refractivity contribution in [3.8, 4) is 0 Å². The lowest BCUT2D eigenvalue weighted by Gasteiger charge is -2.32. The maximum absolute atomic E-state index is 12.3. The Labute approximate surface area is 223 Å². The topological polar surface area (TPSA) is 105 Å². The van der Waals surface area contributed by atoms with E-state index in [0.29, 0.717) is 0 Å². The normalized spacial score (nSPS) is 16.4. The van der Waals surface area contributed by atoms with Crippen LogP contribution in [0.2, 0.25) is 0 Å². The van der Waals surface area contributed by atoms with Crippen LogP contribution in [0.1, 0.15) is 53.4 Å². The van der Waals surface area contributed by atoms with Crippen LogP contribution in [-0.2, 0) is 38.1 Å². The molecule has 0 aromatic carbocycles. The van der Waals surface area contributed by atoms with Gasteiger partial charge in [-0.05, 0) is 6.26 Å². The summed E-state index contributed by atoms with van der Waals surface area (Å²) in [6.07, 6.45) is 2.21. The van der Waals surface area contributed by atoms with Crippen molar-refractivity contribution in [1.82, 2.24) is 0 Å². The molecule has 0 bridgehead atoms. The third-order valence-corrected chi connectivity index (χ3v) is 5.92. The highest BCUT2D eigenvalue weighted by molar-refractivity contribution is 7.99. The number of thioether (sulfide) groups is 1. The molecule has 4 atom stereocenters. The van der Waals surface area contributed by atoms with E-state index in [1.165, 1.54) is 11.8 Å². The van der Waals surface area contributed by atoms with Gasteiger partial charge in [-0.2, -0.15) is 49.6 Å². The maximum Gasteiger partial charge on any atom is 0.306 e. The molecule has 12 heteroatoms. The Bertz CT molecular complexity index is 590. The summed E-state index contributed by atoms with van der Waals surface area (Å²) >= 11 is 14.1. The van der Waals surface area contributed by atoms with E-state index in [2.05, 4.69) is 37.9 Å². The van der Waals surface area contributed by atoms with Crippen molar-refractivity contribution in [2.24, 2.45) is 5.41 Å². The van der Waals surface area contributed by atoms with Gasteiger partial charge in [0, 0.05) is 21.0 Å². The Kier molecular flexibility index (Phi) is 17.3. The van der Waals surface area contributed by atoms with Crippen molar-refractivity contribution in [3.05, 3.63) is 0 Å². The second kappa shape index (κ2) is 17.7. The SMILES string of the molecule is CSC(C)CC(=O)OCC(COC(=O)CC(C)S)(COC(=O)CC(C)S)COC(=O)CC(C)S. The summed E-state index contributed by atoms with van der Waals surface area (Å²) in [4.78, 5) is 48.8. The monoisotopic (exact) mass is 558 g/mol. The molecule has 0 heterocycles. The van der Waals surface area contributed by atoms with Crippen molar-refractivity contribution in [2.45, 2.75) is 74.4 Å². The summed E-state index contributed by atoms with van der Waals surface area (Å²) in [5.74, 6) is -2.05. The summed E-state index contributed by atoms with van der Waals surface area (Å²) in [7, 11) is 0. The minimum Gasteiger partial charge on any atom is -0.465 e. The van der Waals surface area contributed by atoms with E-state index >= 15 is 0 Å². The fourth-order valence-corrected chi connectivity index (χ4v) is 3.21. The molecule has 0 amide bonds. The molecule has 0 rings (SSSR count). The van der Waals surface area contributed by atoms with Gasteiger partial charge in [-0.25, -0.2) is 0 Å². The molecule has 4 unspecified atom stereocenters. The highest BCUT2D eigenvalue weighted by Gasteiger charge is 2.38. The van der Waals surface area contributed by atoms with Crippen molar-refractivity contribution < 1.29 is 38.1 Å². The molecular weight excluding hydrogens is 521 g/mol. The third kappa shape index (κ3) is 16.8. The first-order valence-electron chi connectivity index (χ1n) is 11.0. The van der Waals surface area contributed by atoms with Crippen molar-refractivity contribution >= 4 is 73.5 Å². The smallest absolute Gasteiger partial charge is 0.306 e. The van der Waals surface area contributed by atoms with Crippen LogP contribution in [0.25, 0.3) is 0 Å². The van der Waals surface area contributed by atoms with Gasteiger partial charge in [-0.1, -0.05) is 27.7 Å². The van der Waals surface area contributed by atoms with Crippen LogP contribution in [0.5, 0.6) is 0 Å². The fraction of sp³-hybridized carbons (Fsp3) is 0.818. The number of hydrogen-bond acceptors (Lipinski definition) is 12. The molecule has 0 aliphatic carbocycles. The Hall–Kier alpha value is -0.720. The second-order valence-corrected chi connectivity index (χ2v) is 12.5. The molecule has 0 aromatic heterocycles. The first-order valence-corrected chi connectivity index (χ1v) is 13.8. The highest BCUT2D eigenvalue weighted by atomic mass is 32.2. The summed E-state index contributed by atoms with van der Waals surface area (Å²) in [5.41, 5.74) is -1.28. The second-order valence-electron chi connectivity index (χ2n) is 8.55. The molecular formula is C22H38O8S4. The van der Waals surface area contributed by atoms with Crippen molar-refractivity contribution in [2.75, 3.05) is 32.7 Å². The lowest BCUT2D eigenvalue weighted by molar-refractivity contribution is -0.170. The number of esters is 4. The molecule has 0 aliphatic rings. The van der Waals surface area contributed by atoms with E-state index < -0.39 is 29.3 Å². The molecule has 198 valence electrons. The quantitative estimate of drug-likeness (QED) is 0.141. The molecule has 0 saturated carbocycles. The van der Waals surface area contributed by atoms with E-state index in [4.69, 9.17) is 18.9 Å². The Morgan fingerprint density at radius 2 is 0.882 bits per heavy atom. The maximum atomic E-state index is 12.3. The zero-order valence-corrected chi connectivity index (χ0v) is 24.0. The molecule has 0 N–H and O–H groups in total. The largest absolute Gasteiger partial charge is 0.465 e. The van der Waals surface area contributed by atoms with Gasteiger partial charge in [0.1, 0.15) is 31.8 Å². The van der Waals surface area contributed by atoms with Crippen LogP contribution < -0.4 is 0 Å². The molecule has 0 aliphatic heterocycles. The predicted octanol–water partition coefficient (Wildman–Crippen LogP) is 3.41. The summed E-state index contributed by atoms with van der Waals surface area (Å²) < 4.78 is 21.6. The van der Waals surface area contributed by atoms with Gasteiger partial charge in [-0.3, -0.25) is 19.2 Å². The van der Waals surface area contributed by atoms with Crippen LogP contribution in [0.15, 0.2) is 0 Å². The van der Waals surface area contributed by atoms with Crippen molar-refractivity contribution in [1.29, 1.82) is 0 Å². The predicted molar refractivity (Wildman–Crippen MR) is 143 cm³/mol. The molecule has 34 heavy (non-hydrogen) atoms. The fourth-order valence-electron chi connectivity index (χ4n) is 2.46. The molecule has 0 radical (unpaired) electrons. The average Bonchev–Trinajstić information content (AvgIpc) is 2.71. The molecule has 8 nitrogen and oxygen atoms in total. The zero-order chi connectivity index (χ0) is 26.3. The zero-order valence-electron chi connectivity index (χ0n) is 20.5. The Balaban J connectivity index is 5.63. The van der Waals surface area contributed by atoms with Crippen molar-refractivity contribution in [3.63, 3.8) is 0 Å². The third-order valence-electron chi connectivity index (χ3n) is 4.40. The van der Waals surface area contributed by atoms with Crippen LogP contribution in [0, 0.1) is 5.41 Å². The van der Waals surface area contributed by atoms with Gasteiger partial charge in [0.05, 0.1) is 25.7 Å². The first kappa shape index (κ1) is 33.3. The number of carbonyl (C=O) groups is 4. The van der Waals surface area contributed by atoms with Gasteiger partial charge < -0.3 is 18.9 Å². The number of carbonyl (C=O) groups excluding carboxylic acids is 4. The molecule has 0 aromatic rings. The van der Waals surface area contributed by atoms with E-state index in [9.17, 15) is 19.2 Å². The minimum absolute atomic E-state index is 0.0426. The van der Waals surface area contributed by atoms with Crippen LogP contribution >= 0.6 is 49.6 Å². The highest BCUT2D eigenvalue weighted by Crippen LogP contribution is 2.24. The molecule has 0 saturated heterocycles. The number of hydrogen-bond donors (Lipinski definition) is 3. The van der Waals surface area contributed by atoms with Gasteiger partial charge in [0.2, 0.25) is 0 Å². The minimum atomic E-state index is -1.28. The van der Waals surface area contributed by atoms with Gasteiger partial charge in [0.15, 0.2) is 0 Å². The molecule has 0 spiro atoms. The Morgan fingerprint density at radius 3 is 1.12 bits per heavy atom. The van der Waals surface area contributed by atoms with E-state index in [1.54, 1.807) is 20.8 Å². The number of thiol groups is 3. The average molecular weight is 559 g/mol. The van der Waals surface area contributed by atoms with E-state index in [-0.39, 0.29) is 73.1 Å². The lowest BCUT2D eigenvalue weighted by Crippen LogP contribution is -2.44. The Morgan fingerprint density at radius 1 is 0.618 bits per heavy atom. The standard InChI is InChI=1S/C22H38O8S4/c1-14(31)6-18(23)27-10-22(11-28-19(24)7-15(2)32,12-29-20(25)8-16(3)33)13-30-21(26)9-17(4)34-5/h14-17,31-33H,6-13H2,1-5H3. The van der Waals surface area contributed by atoms with Gasteiger partial charge in [-0.15, -0.1) is 0 Å². The van der Waals surface area contributed by atoms with Crippen LogP contribution in [0.4, 0.5) is 0 Å². The molecule has 0 fully saturated rings. The van der Waals surface area contributed by atoms with Crippen LogP contribution in [-0.4, -0.2) is 77.6 Å². The van der Waals surface area contributed by atoms with Gasteiger partial charge in [0.25, 0.3) is 0 Å². The van der Waals surface area contributed by atoms with E-state index in [1.807, 2.05) is 13.2 Å². The number of ether oxygens (including phenoxy) is 4. The summed E-state index contributed by atoms with van der Waals surface area (Å²) in [6, 6.07) is 0. The summed E-state index contributed by atoms with van der Waals surface area (Å²) in [6.45, 7) is 5.99. The summed E-state index contributed by atoms with van der Waals surface area (Å²) in [5, 5.41) is -0.632. The van der Waals surface area contributed by atoms with Crippen LogP contribution in [0.3, 0.4) is 0 Å². The van der Waals surface area contributed by atoms with Gasteiger partial charge >= 0.3 is 23.9 Å². The number of rotatable bonds is 17.